The SMILES string of the molecule is COc1ccc(C=Cc2ccc3nc4ccccc4c(C(=O)O)c3c2)cc1. The summed E-state index contributed by atoms with van der Waals surface area (Å²) in [6, 6.07) is 20.7. The highest BCUT2D eigenvalue weighted by Gasteiger charge is 2.14. The van der Waals surface area contributed by atoms with E-state index in [0.717, 1.165) is 16.9 Å². The Labute approximate surface area is 156 Å². The number of aromatic carboxylic acids is 1. The maximum atomic E-state index is 11.9. The summed E-state index contributed by atoms with van der Waals surface area (Å²) in [6.07, 6.45) is 3.94. The fourth-order valence-corrected chi connectivity index (χ4v) is 3.15. The van der Waals surface area contributed by atoms with Crippen molar-refractivity contribution < 1.29 is 14.6 Å². The molecule has 1 heterocycles. The molecule has 4 rings (SSSR count). The van der Waals surface area contributed by atoms with Crippen LogP contribution in [-0.2, 0) is 0 Å². The Hall–Kier alpha value is -3.66. The van der Waals surface area contributed by atoms with Crippen LogP contribution in [0.4, 0.5) is 0 Å². The minimum atomic E-state index is -0.949. The van der Waals surface area contributed by atoms with Crippen LogP contribution >= 0.6 is 0 Å². The molecule has 0 bridgehead atoms. The fourth-order valence-electron chi connectivity index (χ4n) is 3.15. The lowest BCUT2D eigenvalue weighted by Gasteiger charge is -2.08. The highest BCUT2D eigenvalue weighted by atomic mass is 16.5. The number of fused-ring (bicyclic) bond motifs is 2. The molecule has 4 heteroatoms. The molecule has 4 nitrogen and oxygen atoms in total. The first-order chi connectivity index (χ1) is 13.2. The number of benzene rings is 3. The van der Waals surface area contributed by atoms with Crippen molar-refractivity contribution in [3.8, 4) is 5.75 Å². The van der Waals surface area contributed by atoms with Crippen molar-refractivity contribution in [2.75, 3.05) is 7.11 Å². The summed E-state index contributed by atoms with van der Waals surface area (Å²) in [5.41, 5.74) is 3.59. The van der Waals surface area contributed by atoms with E-state index in [4.69, 9.17) is 4.74 Å². The second kappa shape index (κ2) is 6.92. The molecule has 1 aromatic heterocycles. The summed E-state index contributed by atoms with van der Waals surface area (Å²) in [7, 11) is 1.64. The molecule has 0 atom stereocenters. The van der Waals surface area contributed by atoms with E-state index in [1.54, 1.807) is 13.2 Å². The van der Waals surface area contributed by atoms with E-state index in [1.807, 2.05) is 72.8 Å². The molecule has 132 valence electrons. The predicted molar refractivity (Wildman–Crippen MR) is 108 cm³/mol. The van der Waals surface area contributed by atoms with Gasteiger partial charge in [-0.3, -0.25) is 0 Å². The second-order valence-electron chi connectivity index (χ2n) is 6.19. The van der Waals surface area contributed by atoms with Gasteiger partial charge < -0.3 is 9.84 Å². The molecule has 0 aliphatic heterocycles. The number of ether oxygens (including phenoxy) is 1. The van der Waals surface area contributed by atoms with Crippen LogP contribution in [0.5, 0.6) is 5.75 Å². The third-order valence-electron chi connectivity index (χ3n) is 4.50. The van der Waals surface area contributed by atoms with E-state index >= 15 is 0 Å². The Morgan fingerprint density at radius 1 is 0.889 bits per heavy atom. The standard InChI is InChI=1S/C23H17NO3/c1-27-17-11-8-15(9-12-17)6-7-16-10-13-21-19(14-16)22(23(25)26)18-4-2-3-5-20(18)24-21/h2-14H,1H3,(H,25,26). The summed E-state index contributed by atoms with van der Waals surface area (Å²) < 4.78 is 5.16. The van der Waals surface area contributed by atoms with Crippen molar-refractivity contribution in [1.29, 1.82) is 0 Å². The Kier molecular flexibility index (Phi) is 4.30. The molecule has 0 amide bonds. The van der Waals surface area contributed by atoms with Crippen LogP contribution in [0.1, 0.15) is 21.5 Å². The molecule has 0 saturated heterocycles. The molecule has 0 spiro atoms. The summed E-state index contributed by atoms with van der Waals surface area (Å²) in [4.78, 5) is 16.5. The maximum absolute atomic E-state index is 11.9. The van der Waals surface area contributed by atoms with Crippen LogP contribution in [0.2, 0.25) is 0 Å². The lowest BCUT2D eigenvalue weighted by atomic mass is 10.0. The van der Waals surface area contributed by atoms with Crippen molar-refractivity contribution in [1.82, 2.24) is 4.98 Å². The first-order valence-corrected chi connectivity index (χ1v) is 8.53. The molecule has 0 unspecified atom stereocenters. The Morgan fingerprint density at radius 2 is 1.56 bits per heavy atom. The van der Waals surface area contributed by atoms with Crippen LogP contribution in [-0.4, -0.2) is 23.2 Å². The maximum Gasteiger partial charge on any atom is 0.337 e. The quantitative estimate of drug-likeness (QED) is 0.400. The van der Waals surface area contributed by atoms with Crippen LogP contribution in [0, 0.1) is 0 Å². The second-order valence-corrected chi connectivity index (χ2v) is 6.19. The van der Waals surface area contributed by atoms with Crippen molar-refractivity contribution in [2.24, 2.45) is 0 Å². The van der Waals surface area contributed by atoms with Gasteiger partial charge in [0.2, 0.25) is 0 Å². The lowest BCUT2D eigenvalue weighted by molar-refractivity contribution is 0.0701. The van der Waals surface area contributed by atoms with Gasteiger partial charge in [-0.15, -0.1) is 0 Å². The molecule has 27 heavy (non-hydrogen) atoms. The molecule has 4 aromatic rings. The number of hydrogen-bond donors (Lipinski definition) is 1. The first-order valence-electron chi connectivity index (χ1n) is 8.53. The summed E-state index contributed by atoms with van der Waals surface area (Å²) in [6.45, 7) is 0. The number of nitrogens with zero attached hydrogens (tertiary/aromatic N) is 1. The van der Waals surface area contributed by atoms with Crippen LogP contribution in [0.25, 0.3) is 34.0 Å². The van der Waals surface area contributed by atoms with Crippen LogP contribution < -0.4 is 4.74 Å². The predicted octanol–water partition coefficient (Wildman–Crippen LogP) is 5.27. The first kappa shape index (κ1) is 16.8. The Morgan fingerprint density at radius 3 is 2.30 bits per heavy atom. The molecule has 3 aromatic carbocycles. The van der Waals surface area contributed by atoms with Gasteiger partial charge in [-0.1, -0.05) is 48.6 Å². The number of carboxylic acids is 1. The van der Waals surface area contributed by atoms with Crippen LogP contribution in [0.3, 0.4) is 0 Å². The molecular formula is C23H17NO3. The number of aromatic nitrogens is 1. The monoisotopic (exact) mass is 355 g/mol. The smallest absolute Gasteiger partial charge is 0.337 e. The number of carboxylic acid groups (broad SMARTS) is 1. The van der Waals surface area contributed by atoms with Crippen molar-refractivity contribution in [3.05, 3.63) is 83.4 Å². The minimum absolute atomic E-state index is 0.287. The molecule has 0 radical (unpaired) electrons. The Bertz CT molecular complexity index is 1180. The highest BCUT2D eigenvalue weighted by Crippen LogP contribution is 2.27. The van der Waals surface area contributed by atoms with E-state index in [-0.39, 0.29) is 5.56 Å². The number of methoxy groups -OCH3 is 1. The number of pyridine rings is 1. The average Bonchev–Trinajstić information content (AvgIpc) is 2.70. The molecule has 0 aliphatic rings. The lowest BCUT2D eigenvalue weighted by Crippen LogP contribution is -2.01. The zero-order chi connectivity index (χ0) is 18.8. The van der Waals surface area contributed by atoms with Gasteiger partial charge in [0.1, 0.15) is 5.75 Å². The summed E-state index contributed by atoms with van der Waals surface area (Å²) in [5.74, 6) is -0.142. The van der Waals surface area contributed by atoms with Gasteiger partial charge in [-0.2, -0.15) is 0 Å². The largest absolute Gasteiger partial charge is 0.497 e. The highest BCUT2D eigenvalue weighted by molar-refractivity contribution is 6.14. The minimum Gasteiger partial charge on any atom is -0.497 e. The third kappa shape index (κ3) is 3.25. The molecule has 0 fully saturated rings. The number of hydrogen-bond acceptors (Lipinski definition) is 3. The molecular weight excluding hydrogens is 338 g/mol. The van der Waals surface area contributed by atoms with Crippen LogP contribution in [0.15, 0.2) is 66.7 Å². The zero-order valence-corrected chi connectivity index (χ0v) is 14.7. The average molecular weight is 355 g/mol. The normalized spacial score (nSPS) is 11.3. The van der Waals surface area contributed by atoms with Crippen molar-refractivity contribution >= 4 is 39.9 Å². The van der Waals surface area contributed by atoms with Gasteiger partial charge in [-0.05, 0) is 41.5 Å². The van der Waals surface area contributed by atoms with E-state index in [9.17, 15) is 9.90 Å². The molecule has 0 saturated carbocycles. The number of carbonyl (C=O) groups is 1. The zero-order valence-electron chi connectivity index (χ0n) is 14.7. The van der Waals surface area contributed by atoms with Gasteiger partial charge in [0.15, 0.2) is 0 Å². The number of rotatable bonds is 4. The van der Waals surface area contributed by atoms with E-state index < -0.39 is 5.97 Å². The van der Waals surface area contributed by atoms with Gasteiger partial charge in [-0.25, -0.2) is 9.78 Å². The Balaban J connectivity index is 1.81. The summed E-state index contributed by atoms with van der Waals surface area (Å²) >= 11 is 0. The topological polar surface area (TPSA) is 59.4 Å². The number of para-hydroxylation sites is 1. The van der Waals surface area contributed by atoms with Crippen molar-refractivity contribution in [2.45, 2.75) is 0 Å². The molecule has 0 aliphatic carbocycles. The van der Waals surface area contributed by atoms with E-state index in [1.165, 1.54) is 0 Å². The van der Waals surface area contributed by atoms with E-state index in [0.29, 0.717) is 21.8 Å². The van der Waals surface area contributed by atoms with E-state index in [2.05, 4.69) is 4.98 Å². The third-order valence-corrected chi connectivity index (χ3v) is 4.50. The van der Waals surface area contributed by atoms with Gasteiger partial charge in [0, 0.05) is 10.8 Å². The fraction of sp³-hybridized carbons (Fsp3) is 0.0435. The molecule has 1 N–H and O–H groups in total. The van der Waals surface area contributed by atoms with Gasteiger partial charge in [0.05, 0.1) is 23.7 Å². The van der Waals surface area contributed by atoms with Gasteiger partial charge in [0.25, 0.3) is 0 Å². The summed E-state index contributed by atoms with van der Waals surface area (Å²) in [5, 5.41) is 11.1. The van der Waals surface area contributed by atoms with Gasteiger partial charge >= 0.3 is 5.97 Å². The van der Waals surface area contributed by atoms with Crippen molar-refractivity contribution in [3.63, 3.8) is 0 Å².